The van der Waals surface area contributed by atoms with Gasteiger partial charge in [0.15, 0.2) is 0 Å². The van der Waals surface area contributed by atoms with Crippen LogP contribution in [0.15, 0.2) is 12.1 Å². The Hall–Kier alpha value is -1.13. The number of nitrogens with zero attached hydrogens (tertiary/aromatic N) is 1. The highest BCUT2D eigenvalue weighted by Crippen LogP contribution is 2.23. The zero-order chi connectivity index (χ0) is 13.3. The molecule has 1 saturated heterocycles. The summed E-state index contributed by atoms with van der Waals surface area (Å²) in [6, 6.07) is 2.85. The first-order valence-corrected chi connectivity index (χ1v) is 6.37. The fraction of sp³-hybridized carbons (Fsp3) is 0.462. The van der Waals surface area contributed by atoms with E-state index in [4.69, 9.17) is 17.3 Å². The molecule has 1 aliphatic heterocycles. The Morgan fingerprint density at radius 1 is 1.44 bits per heavy atom. The van der Waals surface area contributed by atoms with Crippen LogP contribution in [0.2, 0.25) is 5.02 Å². The maximum absolute atomic E-state index is 13.5. The minimum atomic E-state index is -0.406. The van der Waals surface area contributed by atoms with E-state index in [1.54, 1.807) is 11.8 Å². The maximum atomic E-state index is 13.5. The van der Waals surface area contributed by atoms with Gasteiger partial charge in [0, 0.05) is 19.1 Å². The molecule has 1 amide bonds. The monoisotopic (exact) mass is 270 g/mol. The summed E-state index contributed by atoms with van der Waals surface area (Å²) in [5.41, 5.74) is 6.46. The van der Waals surface area contributed by atoms with Gasteiger partial charge < -0.3 is 10.6 Å². The lowest BCUT2D eigenvalue weighted by Crippen LogP contribution is -2.43. The number of nitrogens with two attached hydrogens (primary N) is 1. The minimum Gasteiger partial charge on any atom is -0.338 e. The lowest BCUT2D eigenvalue weighted by Gasteiger charge is -2.30. The summed E-state index contributed by atoms with van der Waals surface area (Å²) in [5.74, 6) is -0.623. The van der Waals surface area contributed by atoms with Crippen molar-refractivity contribution in [3.8, 4) is 0 Å². The van der Waals surface area contributed by atoms with Gasteiger partial charge in [0.05, 0.1) is 10.6 Å². The number of aryl methyl sites for hydroxylation is 1. The summed E-state index contributed by atoms with van der Waals surface area (Å²) in [6.45, 7) is 2.83. The van der Waals surface area contributed by atoms with Gasteiger partial charge in [-0.05, 0) is 37.5 Å². The van der Waals surface area contributed by atoms with Crippen LogP contribution in [0.5, 0.6) is 0 Å². The largest absolute Gasteiger partial charge is 0.338 e. The van der Waals surface area contributed by atoms with Gasteiger partial charge in [-0.25, -0.2) is 4.39 Å². The number of halogens is 2. The maximum Gasteiger partial charge on any atom is 0.255 e. The molecule has 1 aliphatic rings. The van der Waals surface area contributed by atoms with Crippen LogP contribution < -0.4 is 5.73 Å². The van der Waals surface area contributed by atoms with E-state index in [1.165, 1.54) is 12.1 Å². The van der Waals surface area contributed by atoms with Crippen molar-refractivity contribution in [2.75, 3.05) is 13.1 Å². The predicted octanol–water partition coefficient (Wildman–Crippen LogP) is 2.35. The van der Waals surface area contributed by atoms with E-state index in [2.05, 4.69) is 0 Å². The van der Waals surface area contributed by atoms with Crippen LogP contribution in [0.3, 0.4) is 0 Å². The van der Waals surface area contributed by atoms with Crippen LogP contribution in [0.1, 0.15) is 28.8 Å². The quantitative estimate of drug-likeness (QED) is 0.851. The molecule has 98 valence electrons. The Labute approximate surface area is 111 Å². The number of carbonyl (C=O) groups excluding carboxylic acids is 1. The standard InChI is InChI=1S/C13H16ClFN2O/c1-8-6-11(14)10(7-12(8)15)13(18)17-4-2-9(16)3-5-17/h6-7,9H,2-5,16H2,1H3. The fourth-order valence-corrected chi connectivity index (χ4v) is 2.38. The van der Waals surface area contributed by atoms with Gasteiger partial charge in [-0.3, -0.25) is 4.79 Å². The van der Waals surface area contributed by atoms with Crippen LogP contribution in [-0.4, -0.2) is 29.9 Å². The first-order valence-electron chi connectivity index (χ1n) is 5.99. The van der Waals surface area contributed by atoms with E-state index < -0.39 is 5.82 Å². The molecule has 3 nitrogen and oxygen atoms in total. The predicted molar refractivity (Wildman–Crippen MR) is 69.3 cm³/mol. The molecule has 0 radical (unpaired) electrons. The number of hydrogen-bond donors (Lipinski definition) is 1. The van der Waals surface area contributed by atoms with Gasteiger partial charge in [0.2, 0.25) is 0 Å². The van der Waals surface area contributed by atoms with Crippen molar-refractivity contribution >= 4 is 17.5 Å². The van der Waals surface area contributed by atoms with E-state index in [0.29, 0.717) is 23.7 Å². The molecule has 0 atom stereocenters. The van der Waals surface area contributed by atoms with Gasteiger partial charge >= 0.3 is 0 Å². The smallest absolute Gasteiger partial charge is 0.255 e. The van der Waals surface area contributed by atoms with Crippen LogP contribution in [0.25, 0.3) is 0 Å². The molecule has 0 aromatic heterocycles. The second-order valence-electron chi connectivity index (χ2n) is 4.71. The highest BCUT2D eigenvalue weighted by molar-refractivity contribution is 6.33. The topological polar surface area (TPSA) is 46.3 Å². The number of piperidine rings is 1. The second kappa shape index (κ2) is 5.24. The molecular weight excluding hydrogens is 255 g/mol. The zero-order valence-electron chi connectivity index (χ0n) is 10.2. The normalized spacial score (nSPS) is 17.0. The third-order valence-corrected chi connectivity index (χ3v) is 3.62. The molecule has 1 fully saturated rings. The summed E-state index contributed by atoms with van der Waals surface area (Å²) in [4.78, 5) is 13.9. The zero-order valence-corrected chi connectivity index (χ0v) is 11.0. The third kappa shape index (κ3) is 2.65. The summed E-state index contributed by atoms with van der Waals surface area (Å²) in [5, 5.41) is 0.300. The van der Waals surface area contributed by atoms with Crippen molar-refractivity contribution in [2.45, 2.75) is 25.8 Å². The van der Waals surface area contributed by atoms with Gasteiger partial charge in [-0.1, -0.05) is 11.6 Å². The van der Waals surface area contributed by atoms with Crippen LogP contribution in [0, 0.1) is 12.7 Å². The molecule has 1 aromatic rings. The molecule has 0 saturated carbocycles. The number of benzene rings is 1. The van der Waals surface area contributed by atoms with E-state index >= 15 is 0 Å². The molecule has 0 aliphatic carbocycles. The first kappa shape index (κ1) is 13.3. The second-order valence-corrected chi connectivity index (χ2v) is 5.12. The van der Waals surface area contributed by atoms with Crippen molar-refractivity contribution in [3.05, 3.63) is 34.1 Å². The summed E-state index contributed by atoms with van der Waals surface area (Å²) >= 11 is 6.01. The number of hydrogen-bond acceptors (Lipinski definition) is 2. The molecule has 0 unspecified atom stereocenters. The van der Waals surface area contributed by atoms with E-state index in [9.17, 15) is 9.18 Å². The van der Waals surface area contributed by atoms with Crippen molar-refractivity contribution in [1.29, 1.82) is 0 Å². The number of likely N-dealkylation sites (tertiary alicyclic amines) is 1. The molecule has 5 heteroatoms. The minimum absolute atomic E-state index is 0.152. The van der Waals surface area contributed by atoms with Crippen molar-refractivity contribution in [1.82, 2.24) is 4.90 Å². The van der Waals surface area contributed by atoms with Crippen molar-refractivity contribution in [2.24, 2.45) is 5.73 Å². The Morgan fingerprint density at radius 2 is 2.06 bits per heavy atom. The molecular formula is C13H16ClFN2O. The average molecular weight is 271 g/mol. The summed E-state index contributed by atoms with van der Waals surface area (Å²) < 4.78 is 13.5. The lowest BCUT2D eigenvalue weighted by atomic mass is 10.0. The number of amides is 1. The Bertz CT molecular complexity index is 470. The number of carbonyl (C=O) groups is 1. The highest BCUT2D eigenvalue weighted by atomic mass is 35.5. The van der Waals surface area contributed by atoms with Gasteiger partial charge in [0.1, 0.15) is 5.82 Å². The first-order chi connectivity index (χ1) is 8.49. The summed E-state index contributed by atoms with van der Waals surface area (Å²) in [6.07, 6.45) is 1.55. The molecule has 2 N–H and O–H groups in total. The lowest BCUT2D eigenvalue weighted by molar-refractivity contribution is 0.0714. The fourth-order valence-electron chi connectivity index (χ4n) is 2.08. The molecule has 18 heavy (non-hydrogen) atoms. The highest BCUT2D eigenvalue weighted by Gasteiger charge is 2.23. The SMILES string of the molecule is Cc1cc(Cl)c(C(=O)N2CCC(N)CC2)cc1F. The Kier molecular flexibility index (Phi) is 3.88. The number of rotatable bonds is 1. The van der Waals surface area contributed by atoms with Crippen LogP contribution >= 0.6 is 11.6 Å². The Balaban J connectivity index is 2.21. The van der Waals surface area contributed by atoms with Crippen LogP contribution in [-0.2, 0) is 0 Å². The third-order valence-electron chi connectivity index (χ3n) is 3.31. The van der Waals surface area contributed by atoms with Gasteiger partial charge in [-0.2, -0.15) is 0 Å². The molecule has 1 heterocycles. The Morgan fingerprint density at radius 3 is 2.67 bits per heavy atom. The van der Waals surface area contributed by atoms with Gasteiger partial charge in [0.25, 0.3) is 5.91 Å². The summed E-state index contributed by atoms with van der Waals surface area (Å²) in [7, 11) is 0. The molecule has 2 rings (SSSR count). The molecule has 0 bridgehead atoms. The van der Waals surface area contributed by atoms with E-state index in [1.807, 2.05) is 0 Å². The van der Waals surface area contributed by atoms with E-state index in [0.717, 1.165) is 12.8 Å². The van der Waals surface area contributed by atoms with E-state index in [-0.39, 0.29) is 17.5 Å². The molecule has 0 spiro atoms. The van der Waals surface area contributed by atoms with Crippen LogP contribution in [0.4, 0.5) is 4.39 Å². The van der Waals surface area contributed by atoms with Gasteiger partial charge in [-0.15, -0.1) is 0 Å². The van der Waals surface area contributed by atoms with Crippen molar-refractivity contribution < 1.29 is 9.18 Å². The molecule has 1 aromatic carbocycles. The van der Waals surface area contributed by atoms with Crippen molar-refractivity contribution in [3.63, 3.8) is 0 Å². The average Bonchev–Trinajstić information content (AvgIpc) is 2.34.